The molecule has 0 saturated carbocycles. The second-order valence-electron chi connectivity index (χ2n) is 4.68. The Balaban J connectivity index is 2.58. The normalized spacial score (nSPS) is 14.6. The van der Waals surface area contributed by atoms with E-state index in [4.69, 9.17) is 0 Å². The molecule has 0 radical (unpaired) electrons. The van der Waals surface area contributed by atoms with Gasteiger partial charge in [-0.2, -0.15) is 0 Å². The zero-order valence-electron chi connectivity index (χ0n) is 11.2. The molecule has 0 bridgehead atoms. The molecule has 1 rings (SSSR count). The Morgan fingerprint density at radius 1 is 1.12 bits per heavy atom. The highest BCUT2D eigenvalue weighted by Crippen LogP contribution is 2.17. The van der Waals surface area contributed by atoms with Crippen molar-refractivity contribution in [2.45, 2.75) is 52.2 Å². The van der Waals surface area contributed by atoms with Gasteiger partial charge in [0.15, 0.2) is 0 Å². The molecule has 0 spiro atoms. The van der Waals surface area contributed by atoms with E-state index in [1.807, 2.05) is 19.1 Å². The van der Waals surface area contributed by atoms with Crippen molar-refractivity contribution in [2.24, 2.45) is 0 Å². The fourth-order valence-electron chi connectivity index (χ4n) is 1.94. The number of aryl methyl sites for hydroxylation is 1. The maximum atomic E-state index is 10.2. The second-order valence-corrected chi connectivity index (χ2v) is 4.68. The molecular weight excluding hydrogens is 210 g/mol. The number of aliphatic hydroxyl groups is 1. The summed E-state index contributed by atoms with van der Waals surface area (Å²) in [7, 11) is 0. The number of nitrogens with one attached hydrogen (secondary N) is 1. The summed E-state index contributed by atoms with van der Waals surface area (Å²) in [5, 5.41) is 13.5. The number of hydrogen-bond donors (Lipinski definition) is 2. The lowest BCUT2D eigenvalue weighted by atomic mass is 10.0. The molecule has 96 valence electrons. The first-order chi connectivity index (χ1) is 8.19. The molecule has 0 aliphatic rings. The van der Waals surface area contributed by atoms with Crippen LogP contribution in [0.4, 0.5) is 0 Å². The summed E-state index contributed by atoms with van der Waals surface area (Å²) in [5.41, 5.74) is 2.35. The molecule has 2 atom stereocenters. The van der Waals surface area contributed by atoms with Crippen LogP contribution in [0, 0.1) is 0 Å². The van der Waals surface area contributed by atoms with Crippen LogP contribution in [0.25, 0.3) is 0 Å². The van der Waals surface area contributed by atoms with Crippen molar-refractivity contribution < 1.29 is 5.11 Å². The molecule has 2 N–H and O–H groups in total. The fourth-order valence-corrected chi connectivity index (χ4v) is 1.94. The van der Waals surface area contributed by atoms with Gasteiger partial charge in [-0.05, 0) is 37.4 Å². The van der Waals surface area contributed by atoms with Crippen molar-refractivity contribution in [1.82, 2.24) is 5.32 Å². The number of aliphatic hydroxyl groups excluding tert-OH is 1. The van der Waals surface area contributed by atoms with E-state index >= 15 is 0 Å². The van der Waals surface area contributed by atoms with Gasteiger partial charge in [0.1, 0.15) is 0 Å². The minimum absolute atomic E-state index is 0.104. The number of benzene rings is 1. The smallest absolute Gasteiger partial charge is 0.0940 e. The summed E-state index contributed by atoms with van der Waals surface area (Å²) in [4.78, 5) is 0. The Kier molecular flexibility index (Phi) is 6.23. The van der Waals surface area contributed by atoms with E-state index in [0.29, 0.717) is 0 Å². The van der Waals surface area contributed by atoms with Gasteiger partial charge in [0.05, 0.1) is 6.10 Å². The molecule has 1 aromatic carbocycles. The molecule has 17 heavy (non-hydrogen) atoms. The van der Waals surface area contributed by atoms with Gasteiger partial charge in [-0.15, -0.1) is 0 Å². The van der Waals surface area contributed by atoms with Crippen molar-refractivity contribution in [3.63, 3.8) is 0 Å². The third-order valence-electron chi connectivity index (χ3n) is 3.05. The average molecular weight is 235 g/mol. The van der Waals surface area contributed by atoms with Gasteiger partial charge in [-0.25, -0.2) is 0 Å². The first-order valence-corrected chi connectivity index (χ1v) is 6.69. The van der Waals surface area contributed by atoms with Crippen LogP contribution in [0.1, 0.15) is 50.8 Å². The lowest BCUT2D eigenvalue weighted by Gasteiger charge is -2.20. The largest absolute Gasteiger partial charge is 0.387 e. The monoisotopic (exact) mass is 235 g/mol. The summed E-state index contributed by atoms with van der Waals surface area (Å²) in [6.07, 6.45) is 2.94. The summed E-state index contributed by atoms with van der Waals surface area (Å²) in [6.45, 7) is 7.29. The van der Waals surface area contributed by atoms with Crippen LogP contribution in [0.15, 0.2) is 24.3 Å². The molecule has 0 aliphatic carbocycles. The SMILES string of the molecule is CCCNC(C)C(O)c1ccc(CCC)cc1. The van der Waals surface area contributed by atoms with Crippen LogP contribution < -0.4 is 5.32 Å². The molecule has 2 heteroatoms. The lowest BCUT2D eigenvalue weighted by molar-refractivity contribution is 0.136. The van der Waals surface area contributed by atoms with E-state index < -0.39 is 6.10 Å². The quantitative estimate of drug-likeness (QED) is 0.761. The highest BCUT2D eigenvalue weighted by molar-refractivity contribution is 5.25. The van der Waals surface area contributed by atoms with Gasteiger partial charge in [0, 0.05) is 6.04 Å². The third kappa shape index (κ3) is 4.49. The predicted molar refractivity (Wildman–Crippen MR) is 73.2 cm³/mol. The summed E-state index contributed by atoms with van der Waals surface area (Å²) in [6, 6.07) is 8.43. The molecule has 0 aromatic heterocycles. The van der Waals surface area contributed by atoms with Gasteiger partial charge < -0.3 is 10.4 Å². The summed E-state index contributed by atoms with van der Waals surface area (Å²) >= 11 is 0. The van der Waals surface area contributed by atoms with Gasteiger partial charge in [-0.3, -0.25) is 0 Å². The zero-order valence-corrected chi connectivity index (χ0v) is 11.2. The Hall–Kier alpha value is -0.860. The molecule has 0 aliphatic heterocycles. The topological polar surface area (TPSA) is 32.3 Å². The van der Waals surface area contributed by atoms with Crippen LogP contribution in [-0.4, -0.2) is 17.7 Å². The minimum Gasteiger partial charge on any atom is -0.387 e. The van der Waals surface area contributed by atoms with Crippen LogP contribution in [0.3, 0.4) is 0 Å². The Bertz CT molecular complexity index is 307. The Labute approximate surface area is 105 Å². The van der Waals surface area contributed by atoms with Crippen molar-refractivity contribution >= 4 is 0 Å². The molecule has 0 amide bonds. The fraction of sp³-hybridized carbons (Fsp3) is 0.600. The van der Waals surface area contributed by atoms with Gasteiger partial charge in [0.25, 0.3) is 0 Å². The van der Waals surface area contributed by atoms with Crippen LogP contribution in [0.2, 0.25) is 0 Å². The Morgan fingerprint density at radius 3 is 2.29 bits per heavy atom. The van der Waals surface area contributed by atoms with Crippen LogP contribution in [-0.2, 0) is 6.42 Å². The van der Waals surface area contributed by atoms with E-state index in [1.165, 1.54) is 5.56 Å². The minimum atomic E-state index is -0.419. The van der Waals surface area contributed by atoms with E-state index in [-0.39, 0.29) is 6.04 Å². The predicted octanol–water partition coefficient (Wildman–Crippen LogP) is 3.06. The van der Waals surface area contributed by atoms with Crippen molar-refractivity contribution in [2.75, 3.05) is 6.54 Å². The highest BCUT2D eigenvalue weighted by atomic mass is 16.3. The van der Waals surface area contributed by atoms with Crippen LogP contribution in [0.5, 0.6) is 0 Å². The van der Waals surface area contributed by atoms with Gasteiger partial charge in [-0.1, -0.05) is 44.5 Å². The summed E-state index contributed by atoms with van der Waals surface area (Å²) in [5.74, 6) is 0. The maximum absolute atomic E-state index is 10.2. The molecule has 0 saturated heterocycles. The third-order valence-corrected chi connectivity index (χ3v) is 3.05. The number of hydrogen-bond acceptors (Lipinski definition) is 2. The Morgan fingerprint density at radius 2 is 1.76 bits per heavy atom. The molecule has 1 aromatic rings. The van der Waals surface area contributed by atoms with Crippen molar-refractivity contribution in [1.29, 1.82) is 0 Å². The lowest BCUT2D eigenvalue weighted by Crippen LogP contribution is -2.32. The van der Waals surface area contributed by atoms with Gasteiger partial charge >= 0.3 is 0 Å². The van der Waals surface area contributed by atoms with Crippen LogP contribution >= 0.6 is 0 Å². The van der Waals surface area contributed by atoms with Crippen molar-refractivity contribution in [3.05, 3.63) is 35.4 Å². The van der Waals surface area contributed by atoms with E-state index in [0.717, 1.165) is 31.4 Å². The highest BCUT2D eigenvalue weighted by Gasteiger charge is 2.14. The molecule has 0 heterocycles. The first-order valence-electron chi connectivity index (χ1n) is 6.69. The zero-order chi connectivity index (χ0) is 12.7. The summed E-state index contributed by atoms with van der Waals surface area (Å²) < 4.78 is 0. The average Bonchev–Trinajstić information content (AvgIpc) is 2.36. The van der Waals surface area contributed by atoms with E-state index in [1.54, 1.807) is 0 Å². The standard InChI is InChI=1S/C15H25NO/c1-4-6-13-7-9-14(10-8-13)15(17)12(3)16-11-5-2/h7-10,12,15-17H,4-6,11H2,1-3H3. The van der Waals surface area contributed by atoms with E-state index in [9.17, 15) is 5.11 Å². The maximum Gasteiger partial charge on any atom is 0.0940 e. The number of rotatable bonds is 7. The van der Waals surface area contributed by atoms with E-state index in [2.05, 4.69) is 31.3 Å². The first kappa shape index (κ1) is 14.2. The van der Waals surface area contributed by atoms with Gasteiger partial charge in [0.2, 0.25) is 0 Å². The molecule has 2 nitrogen and oxygen atoms in total. The molecule has 2 unspecified atom stereocenters. The second kappa shape index (κ2) is 7.46. The molecule has 0 fully saturated rings. The molecular formula is C15H25NO. The van der Waals surface area contributed by atoms with Crippen molar-refractivity contribution in [3.8, 4) is 0 Å².